The molecule has 0 amide bonds. The molecule has 84 valence electrons. The highest BCUT2D eigenvalue weighted by Crippen LogP contribution is 2.13. The Morgan fingerprint density at radius 2 is 1.88 bits per heavy atom. The Hall–Kier alpha value is -1.61. The molecule has 0 radical (unpaired) electrons. The van der Waals surface area contributed by atoms with Gasteiger partial charge in [0.25, 0.3) is 0 Å². The predicted molar refractivity (Wildman–Crippen MR) is 65.8 cm³/mol. The van der Waals surface area contributed by atoms with Crippen molar-refractivity contribution in [3.05, 3.63) is 47.3 Å². The first-order chi connectivity index (χ1) is 7.70. The second-order valence-corrected chi connectivity index (χ2v) is 4.06. The van der Waals surface area contributed by atoms with Gasteiger partial charge in [-0.2, -0.15) is 5.10 Å². The van der Waals surface area contributed by atoms with Crippen LogP contribution in [0.5, 0.6) is 0 Å². The van der Waals surface area contributed by atoms with Crippen LogP contribution in [0.3, 0.4) is 0 Å². The van der Waals surface area contributed by atoms with Gasteiger partial charge in [-0.3, -0.25) is 0 Å². The van der Waals surface area contributed by atoms with Crippen LogP contribution in [-0.2, 0) is 6.42 Å². The topological polar surface area (TPSA) is 43.8 Å². The van der Waals surface area contributed by atoms with Crippen molar-refractivity contribution in [3.8, 4) is 5.69 Å². The molecule has 2 aromatic rings. The van der Waals surface area contributed by atoms with Crippen molar-refractivity contribution in [3.63, 3.8) is 0 Å². The monoisotopic (exact) mass is 215 g/mol. The lowest BCUT2D eigenvalue weighted by Gasteiger charge is -2.04. The fourth-order valence-electron chi connectivity index (χ4n) is 1.76. The average Bonchev–Trinajstić information content (AvgIpc) is 2.61. The van der Waals surface area contributed by atoms with E-state index < -0.39 is 0 Å². The zero-order valence-corrected chi connectivity index (χ0v) is 9.77. The van der Waals surface area contributed by atoms with Crippen molar-refractivity contribution >= 4 is 0 Å². The largest absolute Gasteiger partial charge is 0.330 e. The lowest BCUT2D eigenvalue weighted by molar-refractivity contribution is 0.804. The molecule has 2 N–H and O–H groups in total. The fourth-order valence-corrected chi connectivity index (χ4v) is 1.76. The molecule has 0 spiro atoms. The van der Waals surface area contributed by atoms with Gasteiger partial charge in [0, 0.05) is 12.1 Å². The molecule has 1 aromatic carbocycles. The van der Waals surface area contributed by atoms with E-state index in [2.05, 4.69) is 49.3 Å². The maximum atomic E-state index is 5.53. The summed E-state index contributed by atoms with van der Waals surface area (Å²) in [5.41, 5.74) is 10.1. The second kappa shape index (κ2) is 4.49. The van der Waals surface area contributed by atoms with E-state index >= 15 is 0 Å². The molecule has 0 aliphatic carbocycles. The molecule has 0 aliphatic rings. The number of nitrogens with zero attached hydrogens (tertiary/aromatic N) is 2. The molecule has 3 nitrogen and oxygen atoms in total. The quantitative estimate of drug-likeness (QED) is 0.851. The molecular weight excluding hydrogens is 198 g/mol. The van der Waals surface area contributed by atoms with Crippen LogP contribution < -0.4 is 5.73 Å². The maximum Gasteiger partial charge on any atom is 0.0648 e. The van der Waals surface area contributed by atoms with Gasteiger partial charge in [-0.05, 0) is 38.6 Å². The summed E-state index contributed by atoms with van der Waals surface area (Å²) in [7, 11) is 0. The van der Waals surface area contributed by atoms with E-state index in [-0.39, 0.29) is 0 Å². The third-order valence-electron chi connectivity index (χ3n) is 2.62. The van der Waals surface area contributed by atoms with Gasteiger partial charge in [0.05, 0.1) is 11.4 Å². The number of aromatic nitrogens is 2. The smallest absolute Gasteiger partial charge is 0.0648 e. The molecule has 0 atom stereocenters. The molecule has 16 heavy (non-hydrogen) atoms. The van der Waals surface area contributed by atoms with Gasteiger partial charge in [-0.1, -0.05) is 17.7 Å². The number of nitrogens with two attached hydrogens (primary N) is 1. The summed E-state index contributed by atoms with van der Waals surface area (Å²) in [5, 5.41) is 4.54. The van der Waals surface area contributed by atoms with Gasteiger partial charge in [0.2, 0.25) is 0 Å². The van der Waals surface area contributed by atoms with Crippen molar-refractivity contribution in [2.24, 2.45) is 5.73 Å². The number of hydrogen-bond acceptors (Lipinski definition) is 2. The minimum atomic E-state index is 0.643. The molecular formula is C13H17N3. The SMILES string of the molecule is Cc1ccc(-n2nc(CCN)cc2C)cc1. The van der Waals surface area contributed by atoms with E-state index in [0.29, 0.717) is 6.54 Å². The molecule has 3 heteroatoms. The van der Waals surface area contributed by atoms with E-state index in [4.69, 9.17) is 5.73 Å². The van der Waals surface area contributed by atoms with E-state index in [1.165, 1.54) is 5.56 Å². The minimum Gasteiger partial charge on any atom is -0.330 e. The predicted octanol–water partition coefficient (Wildman–Crippen LogP) is 1.99. The Labute approximate surface area is 95.9 Å². The van der Waals surface area contributed by atoms with Gasteiger partial charge < -0.3 is 5.73 Å². The second-order valence-electron chi connectivity index (χ2n) is 4.06. The summed E-state index contributed by atoms with van der Waals surface area (Å²) in [5.74, 6) is 0. The Morgan fingerprint density at radius 1 is 1.19 bits per heavy atom. The summed E-state index contributed by atoms with van der Waals surface area (Å²) in [6, 6.07) is 10.5. The Balaban J connectivity index is 2.36. The summed E-state index contributed by atoms with van der Waals surface area (Å²) in [6.07, 6.45) is 0.833. The first kappa shape index (κ1) is 10.9. The van der Waals surface area contributed by atoms with Crippen molar-refractivity contribution in [2.45, 2.75) is 20.3 Å². The van der Waals surface area contributed by atoms with Crippen molar-refractivity contribution in [1.82, 2.24) is 9.78 Å². The zero-order valence-electron chi connectivity index (χ0n) is 9.77. The van der Waals surface area contributed by atoms with Crippen LogP contribution in [0.15, 0.2) is 30.3 Å². The normalized spacial score (nSPS) is 10.7. The van der Waals surface area contributed by atoms with Crippen LogP contribution in [-0.4, -0.2) is 16.3 Å². The highest BCUT2D eigenvalue weighted by Gasteiger charge is 2.05. The fraction of sp³-hybridized carbons (Fsp3) is 0.308. The zero-order chi connectivity index (χ0) is 11.5. The molecule has 2 rings (SSSR count). The Morgan fingerprint density at radius 3 is 2.50 bits per heavy atom. The molecule has 0 bridgehead atoms. The lowest BCUT2D eigenvalue weighted by atomic mass is 10.2. The lowest BCUT2D eigenvalue weighted by Crippen LogP contribution is -2.04. The standard InChI is InChI=1S/C13H17N3/c1-10-3-5-13(6-4-10)16-11(2)9-12(15-16)7-8-14/h3-6,9H,7-8,14H2,1-2H3. The molecule has 0 saturated carbocycles. The average molecular weight is 215 g/mol. The van der Waals surface area contributed by atoms with Crippen molar-refractivity contribution < 1.29 is 0 Å². The summed E-state index contributed by atoms with van der Waals surface area (Å²) >= 11 is 0. The Kier molecular flexibility index (Phi) is 3.06. The van der Waals surface area contributed by atoms with Gasteiger partial charge in [0.1, 0.15) is 0 Å². The highest BCUT2D eigenvalue weighted by molar-refractivity contribution is 5.35. The van der Waals surface area contributed by atoms with Crippen molar-refractivity contribution in [1.29, 1.82) is 0 Å². The minimum absolute atomic E-state index is 0.643. The number of aryl methyl sites for hydroxylation is 2. The van der Waals surface area contributed by atoms with Crippen molar-refractivity contribution in [2.75, 3.05) is 6.54 Å². The summed E-state index contributed by atoms with van der Waals surface area (Å²) < 4.78 is 1.96. The van der Waals surface area contributed by atoms with Crippen LogP contribution in [0.2, 0.25) is 0 Å². The first-order valence-corrected chi connectivity index (χ1v) is 5.53. The van der Waals surface area contributed by atoms with Gasteiger partial charge in [-0.15, -0.1) is 0 Å². The van der Waals surface area contributed by atoms with Crippen LogP contribution in [0.1, 0.15) is 17.0 Å². The summed E-state index contributed by atoms with van der Waals surface area (Å²) in [6.45, 7) is 4.79. The van der Waals surface area contributed by atoms with Gasteiger partial charge in [-0.25, -0.2) is 4.68 Å². The molecule has 1 heterocycles. The molecule has 1 aromatic heterocycles. The molecule has 0 aliphatic heterocycles. The number of benzene rings is 1. The van der Waals surface area contributed by atoms with Crippen LogP contribution >= 0.6 is 0 Å². The molecule has 0 saturated heterocycles. The molecule has 0 unspecified atom stereocenters. The third-order valence-corrected chi connectivity index (χ3v) is 2.62. The van der Waals surface area contributed by atoms with Crippen LogP contribution in [0.25, 0.3) is 5.69 Å². The van der Waals surface area contributed by atoms with E-state index in [0.717, 1.165) is 23.5 Å². The number of hydrogen-bond donors (Lipinski definition) is 1. The number of rotatable bonds is 3. The Bertz CT molecular complexity index is 468. The molecule has 0 fully saturated rings. The van der Waals surface area contributed by atoms with Crippen LogP contribution in [0, 0.1) is 13.8 Å². The first-order valence-electron chi connectivity index (χ1n) is 5.53. The van der Waals surface area contributed by atoms with Gasteiger partial charge in [0.15, 0.2) is 0 Å². The maximum absolute atomic E-state index is 5.53. The third kappa shape index (κ3) is 2.14. The van der Waals surface area contributed by atoms with Crippen LogP contribution in [0.4, 0.5) is 0 Å². The van der Waals surface area contributed by atoms with Gasteiger partial charge >= 0.3 is 0 Å². The van der Waals surface area contributed by atoms with E-state index in [9.17, 15) is 0 Å². The highest BCUT2D eigenvalue weighted by atomic mass is 15.3. The van der Waals surface area contributed by atoms with E-state index in [1.54, 1.807) is 0 Å². The summed E-state index contributed by atoms with van der Waals surface area (Å²) in [4.78, 5) is 0. The van der Waals surface area contributed by atoms with E-state index in [1.807, 2.05) is 4.68 Å².